The number of benzene rings is 3. The van der Waals surface area contributed by atoms with E-state index in [1.165, 1.54) is 18.2 Å². The molecule has 3 aromatic carbocycles. The maximum atomic E-state index is 14.1. The first kappa shape index (κ1) is 26.8. The van der Waals surface area contributed by atoms with Crippen LogP contribution in [0, 0.1) is 11.6 Å². The van der Waals surface area contributed by atoms with Gasteiger partial charge in [-0.3, -0.25) is 9.59 Å². The lowest BCUT2D eigenvalue weighted by atomic mass is 9.87. The molecule has 3 aromatic rings. The van der Waals surface area contributed by atoms with Crippen LogP contribution in [0.2, 0.25) is 5.02 Å². The smallest absolute Gasteiger partial charge is 0.376 e. The molecule has 2 atom stereocenters. The van der Waals surface area contributed by atoms with E-state index in [2.05, 4.69) is 16.0 Å². The number of alkyl halides is 5. The molecular formula is C26H17ClF7N3O2. The second-order valence-electron chi connectivity index (χ2n) is 9.23. The van der Waals surface area contributed by atoms with Gasteiger partial charge in [0.2, 0.25) is 0 Å². The molecule has 1 aliphatic heterocycles. The fourth-order valence-electron chi connectivity index (χ4n) is 4.55. The summed E-state index contributed by atoms with van der Waals surface area (Å²) >= 11 is 6.23. The molecule has 0 aromatic heterocycles. The molecule has 2 amide bonds. The van der Waals surface area contributed by atoms with Crippen molar-refractivity contribution >= 4 is 34.8 Å². The van der Waals surface area contributed by atoms with E-state index in [0.717, 1.165) is 12.1 Å². The van der Waals surface area contributed by atoms with Crippen LogP contribution < -0.4 is 16.0 Å². The maximum absolute atomic E-state index is 14.1. The van der Waals surface area contributed by atoms with Gasteiger partial charge < -0.3 is 16.0 Å². The summed E-state index contributed by atoms with van der Waals surface area (Å²) in [6.07, 6.45) is -5.16. The number of fused-ring (bicyclic) bond motifs is 1. The minimum atomic E-state index is -4.94. The van der Waals surface area contributed by atoms with Crippen molar-refractivity contribution in [3.63, 3.8) is 0 Å². The Balaban J connectivity index is 1.60. The molecule has 13 heteroatoms. The molecule has 0 radical (unpaired) electrons. The Morgan fingerprint density at radius 3 is 2.41 bits per heavy atom. The van der Waals surface area contributed by atoms with E-state index in [4.69, 9.17) is 11.6 Å². The summed E-state index contributed by atoms with van der Waals surface area (Å²) < 4.78 is 95.4. The third kappa shape index (κ3) is 5.12. The van der Waals surface area contributed by atoms with Gasteiger partial charge in [-0.05, 0) is 55.0 Å². The van der Waals surface area contributed by atoms with Crippen LogP contribution in [-0.2, 0) is 6.18 Å². The first-order chi connectivity index (χ1) is 18.2. The van der Waals surface area contributed by atoms with Gasteiger partial charge in [0.25, 0.3) is 17.7 Å². The Bertz CT molecular complexity index is 1510. The number of carbonyl (C=O) groups is 2. The molecule has 0 spiro atoms. The highest BCUT2D eigenvalue weighted by Crippen LogP contribution is 2.44. The first-order valence-electron chi connectivity index (χ1n) is 11.5. The van der Waals surface area contributed by atoms with Crippen LogP contribution in [0.1, 0.15) is 56.3 Å². The van der Waals surface area contributed by atoms with E-state index in [9.17, 15) is 40.3 Å². The molecule has 3 N–H and O–H groups in total. The van der Waals surface area contributed by atoms with Gasteiger partial charge in [-0.1, -0.05) is 11.6 Å². The van der Waals surface area contributed by atoms with Crippen LogP contribution in [0.4, 0.5) is 42.1 Å². The van der Waals surface area contributed by atoms with Gasteiger partial charge in [-0.15, -0.1) is 0 Å². The SMILES string of the molecule is O=C(Nc1cc(NC2CCC2(F)F)cc2c1C(c1cc(F)ccc1Cl)NC2=O)c1cc(F)cc(C(F)(F)F)c1. The number of hydrogen-bond donors (Lipinski definition) is 3. The van der Waals surface area contributed by atoms with E-state index in [0.29, 0.717) is 12.1 Å². The van der Waals surface area contributed by atoms with Crippen LogP contribution in [-0.4, -0.2) is 23.8 Å². The highest BCUT2D eigenvalue weighted by Gasteiger charge is 2.48. The number of carbonyl (C=O) groups excluding carboxylic acids is 2. The number of anilines is 2. The van der Waals surface area contributed by atoms with E-state index >= 15 is 0 Å². The van der Waals surface area contributed by atoms with E-state index < -0.39 is 58.8 Å². The molecule has 1 fully saturated rings. The van der Waals surface area contributed by atoms with Gasteiger partial charge in [0.1, 0.15) is 11.6 Å². The van der Waals surface area contributed by atoms with Crippen molar-refractivity contribution in [2.24, 2.45) is 0 Å². The fourth-order valence-corrected chi connectivity index (χ4v) is 4.78. The Morgan fingerprint density at radius 1 is 1.03 bits per heavy atom. The van der Waals surface area contributed by atoms with Gasteiger partial charge in [0.15, 0.2) is 0 Å². The zero-order valence-electron chi connectivity index (χ0n) is 19.5. The van der Waals surface area contributed by atoms with Crippen molar-refractivity contribution < 1.29 is 40.3 Å². The molecule has 39 heavy (non-hydrogen) atoms. The lowest BCUT2D eigenvalue weighted by Gasteiger charge is -2.37. The molecule has 5 nitrogen and oxygen atoms in total. The average molecular weight is 572 g/mol. The molecule has 2 unspecified atom stereocenters. The van der Waals surface area contributed by atoms with E-state index in [-0.39, 0.29) is 52.0 Å². The zero-order chi connectivity index (χ0) is 28.3. The lowest BCUT2D eigenvalue weighted by Crippen LogP contribution is -2.49. The molecule has 0 bridgehead atoms. The molecule has 1 aliphatic carbocycles. The molecule has 5 rings (SSSR count). The normalized spacial score (nSPS) is 19.6. The molecular weight excluding hydrogens is 555 g/mol. The Hall–Kier alpha value is -3.80. The van der Waals surface area contributed by atoms with Crippen molar-refractivity contribution in [2.45, 2.75) is 37.0 Å². The minimum Gasteiger partial charge on any atom is -0.376 e. The summed E-state index contributed by atoms with van der Waals surface area (Å²) in [6.45, 7) is 0. The summed E-state index contributed by atoms with van der Waals surface area (Å²) in [7, 11) is 0. The molecule has 0 saturated heterocycles. The van der Waals surface area contributed by atoms with Gasteiger partial charge >= 0.3 is 6.18 Å². The molecule has 1 saturated carbocycles. The second kappa shape index (κ2) is 9.44. The van der Waals surface area contributed by atoms with E-state index in [1.54, 1.807) is 0 Å². The second-order valence-corrected chi connectivity index (χ2v) is 9.64. The fraction of sp³-hybridized carbons (Fsp3) is 0.231. The number of amides is 2. The number of hydrogen-bond acceptors (Lipinski definition) is 3. The molecule has 204 valence electrons. The molecule has 1 heterocycles. The Labute approximate surface area is 221 Å². The zero-order valence-corrected chi connectivity index (χ0v) is 20.3. The monoisotopic (exact) mass is 571 g/mol. The summed E-state index contributed by atoms with van der Waals surface area (Å²) in [5, 5.41) is 7.62. The van der Waals surface area contributed by atoms with Crippen molar-refractivity contribution in [1.82, 2.24) is 5.32 Å². The van der Waals surface area contributed by atoms with Crippen molar-refractivity contribution in [1.29, 1.82) is 0 Å². The standard InChI is InChI=1S/C26H17ClF7N3O2/c27-18-2-1-13(28)8-16(18)22-21-17(24(39)37-22)9-15(35-20-3-4-25(20,30)31)10-19(21)36-23(38)11-5-12(26(32,33)34)7-14(29)6-11/h1-2,5-10,20,22,35H,3-4H2,(H,36,38)(H,37,39). The minimum absolute atomic E-state index is 0.0183. The summed E-state index contributed by atoms with van der Waals surface area (Å²) in [5.41, 5.74) is -2.12. The predicted octanol–water partition coefficient (Wildman–Crippen LogP) is 6.93. The van der Waals surface area contributed by atoms with Crippen LogP contribution in [0.5, 0.6) is 0 Å². The summed E-state index contributed by atoms with van der Waals surface area (Å²) in [4.78, 5) is 25.9. The highest BCUT2D eigenvalue weighted by atomic mass is 35.5. The maximum Gasteiger partial charge on any atom is 0.416 e. The highest BCUT2D eigenvalue weighted by molar-refractivity contribution is 6.31. The predicted molar refractivity (Wildman–Crippen MR) is 128 cm³/mol. The van der Waals surface area contributed by atoms with Crippen molar-refractivity contribution in [3.05, 3.63) is 93.0 Å². The van der Waals surface area contributed by atoms with Gasteiger partial charge in [0.05, 0.1) is 17.6 Å². The van der Waals surface area contributed by atoms with Gasteiger partial charge in [0, 0.05) is 45.1 Å². The first-order valence-corrected chi connectivity index (χ1v) is 11.9. The van der Waals surface area contributed by atoms with Crippen molar-refractivity contribution in [2.75, 3.05) is 10.6 Å². The van der Waals surface area contributed by atoms with Crippen LogP contribution in [0.15, 0.2) is 48.5 Å². The largest absolute Gasteiger partial charge is 0.416 e. The van der Waals surface area contributed by atoms with Crippen LogP contribution in [0.3, 0.4) is 0 Å². The van der Waals surface area contributed by atoms with Gasteiger partial charge in [-0.25, -0.2) is 17.6 Å². The van der Waals surface area contributed by atoms with E-state index in [1.807, 2.05) is 0 Å². The lowest BCUT2D eigenvalue weighted by molar-refractivity contribution is -0.137. The average Bonchev–Trinajstić information content (AvgIpc) is 3.18. The number of rotatable bonds is 5. The van der Waals surface area contributed by atoms with Crippen LogP contribution >= 0.6 is 11.6 Å². The third-order valence-corrected chi connectivity index (χ3v) is 6.95. The van der Waals surface area contributed by atoms with Crippen molar-refractivity contribution in [3.8, 4) is 0 Å². The van der Waals surface area contributed by atoms with Gasteiger partial charge in [-0.2, -0.15) is 13.2 Å². The Kier molecular flexibility index (Phi) is 6.48. The Morgan fingerprint density at radius 2 is 1.77 bits per heavy atom. The quantitative estimate of drug-likeness (QED) is 0.291. The molecule has 2 aliphatic rings. The topological polar surface area (TPSA) is 70.2 Å². The third-order valence-electron chi connectivity index (χ3n) is 6.61. The number of nitrogens with one attached hydrogen (secondary N) is 3. The summed E-state index contributed by atoms with van der Waals surface area (Å²) in [5.74, 6) is -6.88. The summed E-state index contributed by atoms with van der Waals surface area (Å²) in [6, 6.07) is 4.76. The number of halogens is 8. The van der Waals surface area contributed by atoms with Crippen LogP contribution in [0.25, 0.3) is 0 Å².